The number of unbranched alkanes of at least 4 members (excludes halogenated alkanes) is 1. The second kappa shape index (κ2) is 7.49. The number of hydrogen-bond donors (Lipinski definition) is 3. The highest BCUT2D eigenvalue weighted by Gasteiger charge is 2.21. The second-order valence-corrected chi connectivity index (χ2v) is 3.19. The first-order chi connectivity index (χ1) is 7.47. The van der Waals surface area contributed by atoms with Gasteiger partial charge in [0.25, 0.3) is 0 Å². The first-order valence-electron chi connectivity index (χ1n) is 4.91. The second-order valence-electron chi connectivity index (χ2n) is 3.19. The number of aliphatic carboxylic acids is 1. The van der Waals surface area contributed by atoms with Gasteiger partial charge >= 0.3 is 12.1 Å². The molecule has 0 saturated carbocycles. The van der Waals surface area contributed by atoms with Crippen molar-refractivity contribution in [2.75, 3.05) is 6.61 Å². The molecule has 0 heterocycles. The van der Waals surface area contributed by atoms with E-state index in [0.29, 0.717) is 6.42 Å². The normalized spacial score (nSPS) is 11.6. The summed E-state index contributed by atoms with van der Waals surface area (Å²) in [6.45, 7) is 2.15. The Morgan fingerprint density at radius 2 is 2.06 bits per heavy atom. The zero-order chi connectivity index (χ0) is 12.6. The number of carbonyl (C=O) groups excluding carboxylic acids is 2. The van der Waals surface area contributed by atoms with Gasteiger partial charge in [-0.3, -0.25) is 9.59 Å². The zero-order valence-corrected chi connectivity index (χ0v) is 9.06. The summed E-state index contributed by atoms with van der Waals surface area (Å²) in [6.07, 6.45) is 0.173. The van der Waals surface area contributed by atoms with Crippen LogP contribution in [0.5, 0.6) is 0 Å². The minimum absolute atomic E-state index is 0.223. The van der Waals surface area contributed by atoms with Crippen LogP contribution in [0.2, 0.25) is 0 Å². The van der Waals surface area contributed by atoms with Gasteiger partial charge in [-0.2, -0.15) is 0 Å². The molecule has 0 aliphatic heterocycles. The lowest BCUT2D eigenvalue weighted by Gasteiger charge is -2.13. The van der Waals surface area contributed by atoms with Crippen molar-refractivity contribution >= 4 is 18.0 Å². The summed E-state index contributed by atoms with van der Waals surface area (Å²) >= 11 is 0. The molecular weight excluding hydrogens is 216 g/mol. The molecule has 0 radical (unpaired) electrons. The van der Waals surface area contributed by atoms with Crippen LogP contribution in [-0.4, -0.2) is 35.7 Å². The highest BCUT2D eigenvalue weighted by atomic mass is 16.5. The van der Waals surface area contributed by atoms with E-state index in [9.17, 15) is 14.4 Å². The molecule has 0 saturated heterocycles. The molecular formula is C9H16N2O5. The van der Waals surface area contributed by atoms with E-state index in [1.54, 1.807) is 0 Å². The molecule has 1 atom stereocenters. The molecule has 16 heavy (non-hydrogen) atoms. The van der Waals surface area contributed by atoms with Gasteiger partial charge < -0.3 is 20.9 Å². The maximum atomic E-state index is 11.1. The lowest BCUT2D eigenvalue weighted by molar-refractivity contribution is -0.139. The molecule has 92 valence electrons. The minimum Gasteiger partial charge on any atom is -0.481 e. The largest absolute Gasteiger partial charge is 0.481 e. The van der Waals surface area contributed by atoms with Crippen molar-refractivity contribution in [1.82, 2.24) is 5.32 Å². The number of hydrogen-bond acceptors (Lipinski definition) is 4. The average molecular weight is 232 g/mol. The summed E-state index contributed by atoms with van der Waals surface area (Å²) in [5.41, 5.74) is 4.92. The van der Waals surface area contributed by atoms with Gasteiger partial charge in [0.2, 0.25) is 5.91 Å². The van der Waals surface area contributed by atoms with Gasteiger partial charge in [0.1, 0.15) is 6.04 Å². The summed E-state index contributed by atoms with van der Waals surface area (Å²) in [5.74, 6) is -2.13. The number of primary amides is 1. The molecule has 0 fully saturated rings. The smallest absolute Gasteiger partial charge is 0.407 e. The lowest BCUT2D eigenvalue weighted by atomic mass is 10.2. The molecule has 0 aromatic carbocycles. The first kappa shape index (κ1) is 14.2. The van der Waals surface area contributed by atoms with E-state index >= 15 is 0 Å². The zero-order valence-electron chi connectivity index (χ0n) is 9.06. The fourth-order valence-electron chi connectivity index (χ4n) is 0.891. The lowest BCUT2D eigenvalue weighted by Crippen LogP contribution is -2.45. The molecule has 2 amide bonds. The van der Waals surface area contributed by atoms with Crippen molar-refractivity contribution in [3.05, 3.63) is 0 Å². The Bertz CT molecular complexity index is 267. The van der Waals surface area contributed by atoms with Gasteiger partial charge in [-0.05, 0) is 6.42 Å². The number of ether oxygens (including phenoxy) is 1. The molecule has 0 aromatic heterocycles. The first-order valence-corrected chi connectivity index (χ1v) is 4.91. The maximum Gasteiger partial charge on any atom is 0.407 e. The minimum atomic E-state index is -1.24. The standard InChI is InChI=1S/C9H16N2O5/c1-2-3-4-16-9(15)11-6(8(10)14)5-7(12)13/h6H,2-5H2,1H3,(H2,10,14)(H,11,15)(H,12,13). The number of carboxylic acid groups (broad SMARTS) is 1. The molecule has 0 rings (SSSR count). The van der Waals surface area contributed by atoms with Crippen LogP contribution in [0.3, 0.4) is 0 Å². The van der Waals surface area contributed by atoms with Crippen LogP contribution in [0, 0.1) is 0 Å². The summed E-state index contributed by atoms with van der Waals surface area (Å²) < 4.78 is 4.69. The molecule has 0 aliphatic rings. The Labute approximate surface area is 92.9 Å². The fourth-order valence-corrected chi connectivity index (χ4v) is 0.891. The third-order valence-electron chi connectivity index (χ3n) is 1.75. The number of alkyl carbamates (subject to hydrolysis) is 1. The van der Waals surface area contributed by atoms with Gasteiger partial charge in [0.15, 0.2) is 0 Å². The van der Waals surface area contributed by atoms with Crippen molar-refractivity contribution in [2.24, 2.45) is 5.73 Å². The molecule has 0 spiro atoms. The molecule has 7 nitrogen and oxygen atoms in total. The van der Waals surface area contributed by atoms with Crippen molar-refractivity contribution in [3.63, 3.8) is 0 Å². The van der Waals surface area contributed by atoms with Crippen LogP contribution < -0.4 is 11.1 Å². The summed E-state index contributed by atoms with van der Waals surface area (Å²) in [6, 6.07) is -1.24. The van der Waals surface area contributed by atoms with Crippen LogP contribution in [0.25, 0.3) is 0 Å². The van der Waals surface area contributed by atoms with Crippen LogP contribution >= 0.6 is 0 Å². The SMILES string of the molecule is CCCCOC(=O)NC(CC(=O)O)C(N)=O. The third kappa shape index (κ3) is 6.63. The van der Waals surface area contributed by atoms with E-state index in [1.165, 1.54) is 0 Å². The predicted octanol–water partition coefficient (Wildman–Crippen LogP) is -0.159. The van der Waals surface area contributed by atoms with Crippen molar-refractivity contribution < 1.29 is 24.2 Å². The Balaban J connectivity index is 4.03. The van der Waals surface area contributed by atoms with Gasteiger partial charge in [-0.15, -0.1) is 0 Å². The van der Waals surface area contributed by atoms with Gasteiger partial charge in [-0.1, -0.05) is 13.3 Å². The summed E-state index contributed by atoms with van der Waals surface area (Å²) in [7, 11) is 0. The van der Waals surface area contributed by atoms with Gasteiger partial charge in [0, 0.05) is 0 Å². The Morgan fingerprint density at radius 1 is 1.44 bits per heavy atom. The van der Waals surface area contributed by atoms with E-state index in [1.807, 2.05) is 6.92 Å². The van der Waals surface area contributed by atoms with E-state index in [0.717, 1.165) is 6.42 Å². The number of carboxylic acids is 1. The molecule has 0 aliphatic carbocycles. The Kier molecular flexibility index (Phi) is 6.66. The van der Waals surface area contributed by atoms with E-state index in [-0.39, 0.29) is 6.61 Å². The predicted molar refractivity (Wildman–Crippen MR) is 54.6 cm³/mol. The highest BCUT2D eigenvalue weighted by Crippen LogP contribution is 1.94. The molecule has 1 unspecified atom stereocenters. The summed E-state index contributed by atoms with van der Waals surface area (Å²) in [5, 5.41) is 10.6. The fraction of sp³-hybridized carbons (Fsp3) is 0.667. The topological polar surface area (TPSA) is 119 Å². The van der Waals surface area contributed by atoms with Crippen LogP contribution in [0.1, 0.15) is 26.2 Å². The number of rotatable bonds is 7. The van der Waals surface area contributed by atoms with Crippen molar-refractivity contribution in [1.29, 1.82) is 0 Å². The molecule has 0 aromatic rings. The Morgan fingerprint density at radius 3 is 2.50 bits per heavy atom. The molecule has 0 bridgehead atoms. The van der Waals surface area contributed by atoms with Gasteiger partial charge in [0.05, 0.1) is 13.0 Å². The van der Waals surface area contributed by atoms with Crippen LogP contribution in [0.15, 0.2) is 0 Å². The molecule has 7 heteroatoms. The maximum absolute atomic E-state index is 11.1. The Hall–Kier alpha value is -1.79. The number of carbonyl (C=O) groups is 3. The number of amides is 2. The number of nitrogens with two attached hydrogens (primary N) is 1. The van der Waals surface area contributed by atoms with Gasteiger partial charge in [-0.25, -0.2) is 4.79 Å². The molecule has 4 N–H and O–H groups in total. The van der Waals surface area contributed by atoms with E-state index in [2.05, 4.69) is 5.32 Å². The van der Waals surface area contributed by atoms with Crippen molar-refractivity contribution in [2.45, 2.75) is 32.2 Å². The summed E-state index contributed by atoms with van der Waals surface area (Å²) in [4.78, 5) is 32.2. The van der Waals surface area contributed by atoms with E-state index in [4.69, 9.17) is 15.6 Å². The number of nitrogens with one attached hydrogen (secondary N) is 1. The van der Waals surface area contributed by atoms with Crippen molar-refractivity contribution in [3.8, 4) is 0 Å². The van der Waals surface area contributed by atoms with Crippen LogP contribution in [-0.2, 0) is 14.3 Å². The van der Waals surface area contributed by atoms with E-state index < -0.39 is 30.4 Å². The highest BCUT2D eigenvalue weighted by molar-refractivity contribution is 5.88. The quantitative estimate of drug-likeness (QED) is 0.527. The van der Waals surface area contributed by atoms with Crippen LogP contribution in [0.4, 0.5) is 4.79 Å². The average Bonchev–Trinajstić information content (AvgIpc) is 2.16. The third-order valence-corrected chi connectivity index (χ3v) is 1.75. The monoisotopic (exact) mass is 232 g/mol.